The molecule has 0 aliphatic heterocycles. The fourth-order valence-electron chi connectivity index (χ4n) is 1.81. The van der Waals surface area contributed by atoms with Gasteiger partial charge < -0.3 is 21.9 Å². The highest BCUT2D eigenvalue weighted by atomic mass is 32.2. The zero-order chi connectivity index (χ0) is 18.3. The van der Waals surface area contributed by atoms with Crippen molar-refractivity contribution < 1.29 is 13.5 Å². The molecule has 12 N–H and O–H groups in total. The first-order valence-corrected chi connectivity index (χ1v) is 9.07. The number of hydrogen-bond donors (Lipinski definition) is 8. The molecule has 1 atom stereocenters. The van der Waals surface area contributed by atoms with Crippen molar-refractivity contribution in [3.63, 3.8) is 0 Å². The number of aliphatic hydroxyl groups excluding tert-OH is 1. The van der Waals surface area contributed by atoms with Crippen LogP contribution < -0.4 is 38.0 Å². The van der Waals surface area contributed by atoms with Gasteiger partial charge in [-0.3, -0.25) is 4.72 Å². The molecule has 13 heteroatoms. The van der Waals surface area contributed by atoms with Crippen LogP contribution >= 0.6 is 11.9 Å². The summed E-state index contributed by atoms with van der Waals surface area (Å²) in [5.41, 5.74) is 13.6. The van der Waals surface area contributed by atoms with Crippen molar-refractivity contribution >= 4 is 33.5 Å². The molecule has 0 saturated carbocycles. The SMILES string of the molecule is CNc1ccc(SNCC(O)CN)c(S(N)(=O)=O)c1/C(N)=N/NN. The van der Waals surface area contributed by atoms with Crippen LogP contribution in [-0.2, 0) is 10.0 Å². The molecule has 0 saturated heterocycles. The van der Waals surface area contributed by atoms with Gasteiger partial charge in [-0.1, -0.05) is 0 Å². The number of hydrazone groups is 1. The van der Waals surface area contributed by atoms with Crippen molar-refractivity contribution in [3.05, 3.63) is 17.7 Å². The Morgan fingerprint density at radius 1 is 1.46 bits per heavy atom. The lowest BCUT2D eigenvalue weighted by Gasteiger charge is -2.17. The van der Waals surface area contributed by atoms with Crippen LogP contribution in [0.1, 0.15) is 5.56 Å². The zero-order valence-electron chi connectivity index (χ0n) is 13.0. The summed E-state index contributed by atoms with van der Waals surface area (Å²) >= 11 is 0.972. The van der Waals surface area contributed by atoms with Crippen LogP contribution in [0.2, 0.25) is 0 Å². The molecular formula is C11H22N8O3S2. The number of hydrogen-bond acceptors (Lipinski definition) is 10. The van der Waals surface area contributed by atoms with Gasteiger partial charge in [0.25, 0.3) is 0 Å². The van der Waals surface area contributed by atoms with Gasteiger partial charge in [-0.2, -0.15) is 0 Å². The van der Waals surface area contributed by atoms with E-state index in [-0.39, 0.29) is 34.3 Å². The third kappa shape index (κ3) is 5.20. The number of rotatable bonds is 9. The first kappa shape index (κ1) is 20.4. The maximum absolute atomic E-state index is 12.1. The maximum Gasteiger partial charge on any atom is 0.240 e. The predicted molar refractivity (Wildman–Crippen MR) is 94.3 cm³/mol. The molecule has 11 nitrogen and oxygen atoms in total. The van der Waals surface area contributed by atoms with E-state index in [0.29, 0.717) is 5.69 Å². The monoisotopic (exact) mass is 378 g/mol. The van der Waals surface area contributed by atoms with Crippen molar-refractivity contribution in [1.29, 1.82) is 0 Å². The summed E-state index contributed by atoms with van der Waals surface area (Å²) in [6.07, 6.45) is -0.764. The Hall–Kier alpha value is -1.61. The minimum absolute atomic E-state index is 0.0708. The van der Waals surface area contributed by atoms with E-state index >= 15 is 0 Å². The molecule has 1 unspecified atom stereocenters. The topological polar surface area (TPSA) is 207 Å². The Morgan fingerprint density at radius 3 is 2.62 bits per heavy atom. The lowest BCUT2D eigenvalue weighted by Crippen LogP contribution is -2.30. The predicted octanol–water partition coefficient (Wildman–Crippen LogP) is -2.62. The summed E-state index contributed by atoms with van der Waals surface area (Å²) in [5, 5.41) is 21.2. The van der Waals surface area contributed by atoms with Gasteiger partial charge in [0.1, 0.15) is 4.90 Å². The van der Waals surface area contributed by atoms with Crippen LogP contribution in [0, 0.1) is 0 Å². The summed E-state index contributed by atoms with van der Waals surface area (Å²) in [4.78, 5) is 0.0662. The van der Waals surface area contributed by atoms with Gasteiger partial charge in [-0.05, 0) is 24.1 Å². The second-order valence-corrected chi connectivity index (χ2v) is 7.01. The number of nitrogens with one attached hydrogen (secondary N) is 3. The third-order valence-corrected chi connectivity index (χ3v) is 4.88. The van der Waals surface area contributed by atoms with Crippen LogP contribution in [0.5, 0.6) is 0 Å². The normalized spacial score (nSPS) is 13.6. The van der Waals surface area contributed by atoms with E-state index in [1.165, 1.54) is 0 Å². The fourth-order valence-corrected chi connectivity index (χ4v) is 3.90. The van der Waals surface area contributed by atoms with E-state index in [1.54, 1.807) is 19.2 Å². The molecule has 24 heavy (non-hydrogen) atoms. The fraction of sp³-hybridized carbons (Fsp3) is 0.364. The van der Waals surface area contributed by atoms with Crippen molar-refractivity contribution in [2.24, 2.45) is 27.6 Å². The first-order valence-electron chi connectivity index (χ1n) is 6.70. The van der Waals surface area contributed by atoms with E-state index in [4.69, 9.17) is 22.4 Å². The van der Waals surface area contributed by atoms with E-state index in [2.05, 4.69) is 15.1 Å². The lowest BCUT2D eigenvalue weighted by atomic mass is 10.1. The second kappa shape index (κ2) is 9.03. The molecule has 0 aliphatic carbocycles. The molecule has 1 aromatic carbocycles. The number of anilines is 1. The Labute approximate surface area is 144 Å². The van der Waals surface area contributed by atoms with Gasteiger partial charge in [0.2, 0.25) is 10.0 Å². The molecule has 0 aromatic heterocycles. The second-order valence-electron chi connectivity index (χ2n) is 4.58. The smallest absolute Gasteiger partial charge is 0.240 e. The summed E-state index contributed by atoms with van der Waals surface area (Å²) in [6.45, 7) is 0.226. The average molecular weight is 378 g/mol. The molecule has 0 fully saturated rings. The Kier molecular flexibility index (Phi) is 7.68. The minimum atomic E-state index is -4.13. The average Bonchev–Trinajstić information content (AvgIpc) is 2.53. The van der Waals surface area contributed by atoms with Crippen LogP contribution in [0.15, 0.2) is 27.0 Å². The van der Waals surface area contributed by atoms with Crippen LogP contribution in [0.3, 0.4) is 0 Å². The summed E-state index contributed by atoms with van der Waals surface area (Å²) < 4.78 is 27.0. The molecule has 0 heterocycles. The molecule has 136 valence electrons. The van der Waals surface area contributed by atoms with Gasteiger partial charge in [0.05, 0.1) is 11.7 Å². The molecule has 0 aliphatic rings. The van der Waals surface area contributed by atoms with E-state index < -0.39 is 16.1 Å². The number of nitrogens with zero attached hydrogens (tertiary/aromatic N) is 1. The van der Waals surface area contributed by atoms with Crippen molar-refractivity contribution in [2.45, 2.75) is 15.9 Å². The van der Waals surface area contributed by atoms with Crippen LogP contribution in [0.25, 0.3) is 0 Å². The molecular weight excluding hydrogens is 356 g/mol. The van der Waals surface area contributed by atoms with E-state index in [0.717, 1.165) is 11.9 Å². The number of amidine groups is 1. The Morgan fingerprint density at radius 2 is 2.12 bits per heavy atom. The van der Waals surface area contributed by atoms with Gasteiger partial charge in [0, 0.05) is 30.7 Å². The van der Waals surface area contributed by atoms with Gasteiger partial charge >= 0.3 is 0 Å². The maximum atomic E-state index is 12.1. The molecule has 0 amide bonds. The van der Waals surface area contributed by atoms with Crippen molar-refractivity contribution in [1.82, 2.24) is 10.3 Å². The minimum Gasteiger partial charge on any atom is -0.390 e. The largest absolute Gasteiger partial charge is 0.390 e. The number of aliphatic hydroxyl groups is 1. The number of hydrazine groups is 1. The first-order chi connectivity index (χ1) is 11.3. The van der Waals surface area contributed by atoms with Gasteiger partial charge in [-0.25, -0.2) is 24.9 Å². The number of nitrogens with two attached hydrogens (primary N) is 4. The molecule has 1 rings (SSSR count). The number of primary sulfonamides is 1. The third-order valence-electron chi connectivity index (χ3n) is 2.89. The van der Waals surface area contributed by atoms with E-state index in [1.807, 2.05) is 5.53 Å². The highest BCUT2D eigenvalue weighted by Gasteiger charge is 2.25. The lowest BCUT2D eigenvalue weighted by molar-refractivity contribution is 0.188. The van der Waals surface area contributed by atoms with Crippen LogP contribution in [-0.4, -0.2) is 45.6 Å². The molecule has 0 spiro atoms. The molecule has 0 radical (unpaired) electrons. The quantitative estimate of drug-likeness (QED) is 0.0737. The summed E-state index contributed by atoms with van der Waals surface area (Å²) in [6, 6.07) is 3.16. The summed E-state index contributed by atoms with van der Waals surface area (Å²) in [7, 11) is -2.54. The zero-order valence-corrected chi connectivity index (χ0v) is 14.6. The Bertz CT molecular complexity index is 695. The molecule has 1 aromatic rings. The van der Waals surface area contributed by atoms with Crippen LogP contribution in [0.4, 0.5) is 5.69 Å². The highest BCUT2D eigenvalue weighted by molar-refractivity contribution is 7.98. The number of benzene rings is 1. The number of sulfonamides is 1. The van der Waals surface area contributed by atoms with Crippen molar-refractivity contribution in [3.8, 4) is 0 Å². The highest BCUT2D eigenvalue weighted by Crippen LogP contribution is 2.32. The molecule has 0 bridgehead atoms. The standard InChI is InChI=1S/C11H22N8O3S2/c1-16-7-2-3-8(23-17-5-6(20)4-12)10(24(15,21)22)9(7)11(13)18-19-14/h2-3,6,16-17,19-20H,4-5,12,14H2,1H3,(H2,13,18)(H2,15,21,22). The van der Waals surface area contributed by atoms with Gasteiger partial charge in [0.15, 0.2) is 5.84 Å². The van der Waals surface area contributed by atoms with Crippen molar-refractivity contribution in [2.75, 3.05) is 25.5 Å². The Balaban J connectivity index is 3.40. The van der Waals surface area contributed by atoms with E-state index in [9.17, 15) is 13.5 Å². The van der Waals surface area contributed by atoms with Gasteiger partial charge in [-0.15, -0.1) is 5.10 Å². The summed E-state index contributed by atoms with van der Waals surface area (Å²) in [5.74, 6) is 4.95.